The number of aromatic nitrogens is 1. The normalized spacial score (nSPS) is 21.5. The summed E-state index contributed by atoms with van der Waals surface area (Å²) in [5.41, 5.74) is -0.468. The fourth-order valence-electron chi connectivity index (χ4n) is 2.76. The lowest BCUT2D eigenvalue weighted by atomic mass is 9.76. The molecule has 7 heteroatoms. The van der Waals surface area contributed by atoms with Gasteiger partial charge in [-0.15, -0.1) is 0 Å². The minimum atomic E-state index is -0.894. The predicted molar refractivity (Wildman–Crippen MR) is 72.7 cm³/mol. The lowest BCUT2D eigenvalue weighted by Crippen LogP contribution is -2.54. The van der Waals surface area contributed by atoms with Gasteiger partial charge in [-0.3, -0.25) is 10.1 Å². The van der Waals surface area contributed by atoms with Crippen molar-refractivity contribution < 1.29 is 14.8 Å². The summed E-state index contributed by atoms with van der Waals surface area (Å²) < 4.78 is 0. The molecule has 0 radical (unpaired) electrons. The second-order valence-corrected chi connectivity index (χ2v) is 5.66. The molecule has 1 aliphatic rings. The molecule has 7 nitrogen and oxygen atoms in total. The Morgan fingerprint density at radius 3 is 2.75 bits per heavy atom. The van der Waals surface area contributed by atoms with Gasteiger partial charge in [0, 0.05) is 12.6 Å². The van der Waals surface area contributed by atoms with E-state index in [2.05, 4.69) is 4.98 Å². The maximum atomic E-state index is 11.6. The fourth-order valence-corrected chi connectivity index (χ4v) is 2.76. The number of aliphatic carboxylic acids is 1. The SMILES string of the molecule is CC1(C)CCCN(c2ccc([N+](=O)[O-])cn2)C1C(=O)O. The third-order valence-corrected chi connectivity index (χ3v) is 3.74. The van der Waals surface area contributed by atoms with Crippen molar-refractivity contribution in [2.45, 2.75) is 32.7 Å². The zero-order valence-corrected chi connectivity index (χ0v) is 11.4. The molecule has 1 aromatic rings. The van der Waals surface area contributed by atoms with Crippen molar-refractivity contribution in [3.8, 4) is 0 Å². The van der Waals surface area contributed by atoms with Gasteiger partial charge in [-0.25, -0.2) is 9.78 Å². The van der Waals surface area contributed by atoms with Crippen molar-refractivity contribution in [1.82, 2.24) is 4.98 Å². The van der Waals surface area contributed by atoms with E-state index in [9.17, 15) is 20.0 Å². The summed E-state index contributed by atoms with van der Waals surface area (Å²) >= 11 is 0. The molecule has 0 aliphatic carbocycles. The Morgan fingerprint density at radius 1 is 1.55 bits per heavy atom. The first kappa shape index (κ1) is 14.2. The summed E-state index contributed by atoms with van der Waals surface area (Å²) in [6.45, 7) is 4.43. The second-order valence-electron chi connectivity index (χ2n) is 5.66. The van der Waals surface area contributed by atoms with Crippen LogP contribution in [-0.4, -0.2) is 33.6 Å². The molecule has 0 saturated carbocycles. The number of pyridine rings is 1. The monoisotopic (exact) mass is 279 g/mol. The Hall–Kier alpha value is -2.18. The van der Waals surface area contributed by atoms with Crippen LogP contribution >= 0.6 is 0 Å². The number of nitrogens with zero attached hydrogens (tertiary/aromatic N) is 3. The molecule has 108 valence electrons. The van der Waals surface area contributed by atoms with Gasteiger partial charge in [0.15, 0.2) is 0 Å². The smallest absolute Gasteiger partial charge is 0.326 e. The molecule has 1 fully saturated rings. The van der Waals surface area contributed by atoms with Crippen LogP contribution in [0.1, 0.15) is 26.7 Å². The van der Waals surface area contributed by atoms with Crippen molar-refractivity contribution in [2.75, 3.05) is 11.4 Å². The Bertz CT molecular complexity index is 527. The standard InChI is InChI=1S/C13H17N3O4/c1-13(2)6-3-7-15(11(13)12(17)18)10-5-4-9(8-14-10)16(19)20/h4-5,8,11H,3,6-7H2,1-2H3,(H,17,18). The van der Waals surface area contributed by atoms with E-state index in [0.29, 0.717) is 12.4 Å². The zero-order valence-electron chi connectivity index (χ0n) is 11.4. The van der Waals surface area contributed by atoms with Crippen molar-refractivity contribution in [2.24, 2.45) is 5.41 Å². The number of carbonyl (C=O) groups is 1. The maximum absolute atomic E-state index is 11.6. The molecule has 2 rings (SSSR count). The van der Waals surface area contributed by atoms with Gasteiger partial charge in [-0.05, 0) is 24.3 Å². The summed E-state index contributed by atoms with van der Waals surface area (Å²) in [6.07, 6.45) is 2.86. The Morgan fingerprint density at radius 2 is 2.25 bits per heavy atom. The largest absolute Gasteiger partial charge is 0.480 e. The highest BCUT2D eigenvalue weighted by atomic mass is 16.6. The van der Waals surface area contributed by atoms with E-state index in [0.717, 1.165) is 19.0 Å². The summed E-state index contributed by atoms with van der Waals surface area (Å²) in [5, 5.41) is 20.1. The van der Waals surface area contributed by atoms with E-state index in [-0.39, 0.29) is 11.1 Å². The number of carboxylic acids is 1. The lowest BCUT2D eigenvalue weighted by Gasteiger charge is -2.44. The van der Waals surface area contributed by atoms with Gasteiger partial charge in [0.25, 0.3) is 5.69 Å². The molecule has 0 bridgehead atoms. The number of hydrogen-bond donors (Lipinski definition) is 1. The third kappa shape index (κ3) is 2.56. The van der Waals surface area contributed by atoms with Crippen LogP contribution in [0.15, 0.2) is 18.3 Å². The fraction of sp³-hybridized carbons (Fsp3) is 0.538. The molecule has 2 heterocycles. The van der Waals surface area contributed by atoms with Crippen molar-refractivity contribution >= 4 is 17.5 Å². The lowest BCUT2D eigenvalue weighted by molar-refractivity contribution is -0.385. The molecular formula is C13H17N3O4. The molecular weight excluding hydrogens is 262 g/mol. The molecule has 0 spiro atoms. The first-order valence-electron chi connectivity index (χ1n) is 6.43. The highest BCUT2D eigenvalue weighted by molar-refractivity contribution is 5.79. The first-order chi connectivity index (χ1) is 9.33. The number of rotatable bonds is 3. The summed E-state index contributed by atoms with van der Waals surface area (Å²) in [7, 11) is 0. The van der Waals surface area contributed by atoms with E-state index in [1.165, 1.54) is 12.1 Å². The number of hydrogen-bond acceptors (Lipinski definition) is 5. The summed E-state index contributed by atoms with van der Waals surface area (Å²) in [4.78, 5) is 27.4. The van der Waals surface area contributed by atoms with Crippen molar-refractivity contribution in [3.05, 3.63) is 28.4 Å². The van der Waals surface area contributed by atoms with Crippen LogP contribution in [0.3, 0.4) is 0 Å². The van der Waals surface area contributed by atoms with Crippen LogP contribution in [0.2, 0.25) is 0 Å². The van der Waals surface area contributed by atoms with Gasteiger partial charge in [-0.2, -0.15) is 0 Å². The molecule has 1 aliphatic heterocycles. The van der Waals surface area contributed by atoms with Crippen LogP contribution in [-0.2, 0) is 4.79 Å². The average Bonchev–Trinajstić information content (AvgIpc) is 2.36. The first-order valence-corrected chi connectivity index (χ1v) is 6.43. The zero-order chi connectivity index (χ0) is 14.9. The van der Waals surface area contributed by atoms with Gasteiger partial charge in [-0.1, -0.05) is 13.8 Å². The predicted octanol–water partition coefficient (Wildman–Crippen LogP) is 2.07. The van der Waals surface area contributed by atoms with Crippen molar-refractivity contribution in [3.63, 3.8) is 0 Å². The van der Waals surface area contributed by atoms with E-state index in [1.54, 1.807) is 4.90 Å². The van der Waals surface area contributed by atoms with Crippen LogP contribution in [0.5, 0.6) is 0 Å². The number of piperidine rings is 1. The highest BCUT2D eigenvalue weighted by Crippen LogP contribution is 2.37. The van der Waals surface area contributed by atoms with Gasteiger partial charge in [0.2, 0.25) is 0 Å². The topological polar surface area (TPSA) is 96.6 Å². The maximum Gasteiger partial charge on any atom is 0.326 e. The Labute approximate surface area is 116 Å². The summed E-state index contributed by atoms with van der Waals surface area (Å²) in [6, 6.07) is 2.18. The van der Waals surface area contributed by atoms with E-state index in [1.807, 2.05) is 13.8 Å². The molecule has 1 N–H and O–H groups in total. The molecule has 20 heavy (non-hydrogen) atoms. The van der Waals surface area contributed by atoms with Gasteiger partial charge < -0.3 is 10.0 Å². The van der Waals surface area contributed by atoms with E-state index in [4.69, 9.17) is 0 Å². The van der Waals surface area contributed by atoms with Crippen LogP contribution in [0, 0.1) is 15.5 Å². The van der Waals surface area contributed by atoms with Crippen LogP contribution in [0.25, 0.3) is 0 Å². The molecule has 1 atom stereocenters. The third-order valence-electron chi connectivity index (χ3n) is 3.74. The van der Waals surface area contributed by atoms with Crippen LogP contribution in [0.4, 0.5) is 11.5 Å². The van der Waals surface area contributed by atoms with E-state index < -0.39 is 16.9 Å². The van der Waals surface area contributed by atoms with E-state index >= 15 is 0 Å². The average molecular weight is 279 g/mol. The van der Waals surface area contributed by atoms with Gasteiger partial charge in [0.05, 0.1) is 4.92 Å². The number of carboxylic acid groups (broad SMARTS) is 1. The molecule has 0 amide bonds. The molecule has 0 aromatic carbocycles. The van der Waals surface area contributed by atoms with Gasteiger partial charge >= 0.3 is 5.97 Å². The molecule has 1 aromatic heterocycles. The quantitative estimate of drug-likeness (QED) is 0.672. The minimum absolute atomic E-state index is 0.100. The van der Waals surface area contributed by atoms with Gasteiger partial charge in [0.1, 0.15) is 18.1 Å². The van der Waals surface area contributed by atoms with Crippen LogP contribution < -0.4 is 4.90 Å². The second kappa shape index (κ2) is 5.07. The molecule has 1 unspecified atom stereocenters. The highest BCUT2D eigenvalue weighted by Gasteiger charge is 2.43. The summed E-state index contributed by atoms with van der Waals surface area (Å²) in [5.74, 6) is -0.425. The Balaban J connectivity index is 2.34. The minimum Gasteiger partial charge on any atom is -0.480 e. The number of nitro groups is 1. The van der Waals surface area contributed by atoms with Crippen molar-refractivity contribution in [1.29, 1.82) is 0 Å². The molecule has 1 saturated heterocycles. The Kier molecular flexibility index (Phi) is 3.61. The number of anilines is 1.